The molecule has 1 N–H and O–H groups in total. The van der Waals surface area contributed by atoms with Gasteiger partial charge in [-0.05, 0) is 57.2 Å². The Kier molecular flexibility index (Phi) is 5.41. The van der Waals surface area contributed by atoms with E-state index in [-0.39, 0.29) is 5.91 Å². The zero-order valence-electron chi connectivity index (χ0n) is 16.0. The van der Waals surface area contributed by atoms with Gasteiger partial charge in [0.05, 0.1) is 13.3 Å². The van der Waals surface area contributed by atoms with Crippen molar-refractivity contribution >= 4 is 12.1 Å². The first kappa shape index (κ1) is 18.5. The molecule has 1 aromatic heterocycles. The molecular formula is C22H23N3O2. The van der Waals surface area contributed by atoms with Gasteiger partial charge in [-0.3, -0.25) is 4.79 Å². The molecule has 0 spiro atoms. The molecule has 3 rings (SSSR count). The van der Waals surface area contributed by atoms with Crippen molar-refractivity contribution in [3.8, 4) is 11.4 Å². The van der Waals surface area contributed by atoms with E-state index in [9.17, 15) is 4.79 Å². The summed E-state index contributed by atoms with van der Waals surface area (Å²) in [5, 5.41) is 4.12. The molecule has 27 heavy (non-hydrogen) atoms. The number of ether oxygens (including phenoxy) is 1. The number of amides is 1. The number of hydrogen-bond donors (Lipinski definition) is 1. The van der Waals surface area contributed by atoms with E-state index in [0.717, 1.165) is 22.6 Å². The predicted octanol–water partition coefficient (Wildman–Crippen LogP) is 4.18. The van der Waals surface area contributed by atoms with Crippen molar-refractivity contribution in [3.63, 3.8) is 0 Å². The number of hydrazone groups is 1. The van der Waals surface area contributed by atoms with Crippen LogP contribution < -0.4 is 10.2 Å². The number of nitrogens with one attached hydrogen (secondary N) is 1. The average Bonchev–Trinajstić information content (AvgIpc) is 2.96. The first-order valence-electron chi connectivity index (χ1n) is 8.73. The van der Waals surface area contributed by atoms with Gasteiger partial charge in [0.15, 0.2) is 0 Å². The molecule has 0 atom stereocenters. The summed E-state index contributed by atoms with van der Waals surface area (Å²) in [6, 6.07) is 17.4. The van der Waals surface area contributed by atoms with Crippen LogP contribution in [0.3, 0.4) is 0 Å². The summed E-state index contributed by atoms with van der Waals surface area (Å²) in [4.78, 5) is 12.2. The van der Waals surface area contributed by atoms with Gasteiger partial charge in [-0.2, -0.15) is 5.10 Å². The monoisotopic (exact) mass is 361 g/mol. The summed E-state index contributed by atoms with van der Waals surface area (Å²) in [6.07, 6.45) is 1.67. The van der Waals surface area contributed by atoms with Crippen LogP contribution in [0.4, 0.5) is 0 Å². The van der Waals surface area contributed by atoms with Gasteiger partial charge >= 0.3 is 0 Å². The van der Waals surface area contributed by atoms with Crippen LogP contribution in [-0.2, 0) is 0 Å². The number of benzene rings is 2. The molecule has 0 bridgehead atoms. The van der Waals surface area contributed by atoms with Gasteiger partial charge in [-0.15, -0.1) is 0 Å². The lowest BCUT2D eigenvalue weighted by Gasteiger charge is -2.09. The number of carbonyl (C=O) groups is 1. The highest BCUT2D eigenvalue weighted by Gasteiger charge is 2.10. The number of nitrogens with zero attached hydrogens (tertiary/aromatic N) is 2. The smallest absolute Gasteiger partial charge is 0.271 e. The van der Waals surface area contributed by atoms with Crippen LogP contribution in [0.2, 0.25) is 0 Å². The lowest BCUT2D eigenvalue weighted by molar-refractivity contribution is 0.0955. The molecule has 1 heterocycles. The fraction of sp³-hybridized carbons (Fsp3) is 0.182. The Balaban J connectivity index is 1.77. The lowest BCUT2D eigenvalue weighted by atomic mass is 10.2. The van der Waals surface area contributed by atoms with E-state index in [4.69, 9.17) is 4.74 Å². The molecule has 0 fully saturated rings. The number of rotatable bonds is 5. The van der Waals surface area contributed by atoms with E-state index in [1.54, 1.807) is 37.6 Å². The Hall–Kier alpha value is -3.34. The normalized spacial score (nSPS) is 11.0. The second kappa shape index (κ2) is 7.91. The SMILES string of the molecule is COc1cccc(C(=O)N/N=C\c2cc(C)n(-c3ccc(C)cc3)c2C)c1. The predicted molar refractivity (Wildman–Crippen MR) is 108 cm³/mol. The van der Waals surface area contributed by atoms with Gasteiger partial charge in [-0.1, -0.05) is 23.8 Å². The number of carbonyl (C=O) groups excluding carboxylic acids is 1. The van der Waals surface area contributed by atoms with Crippen molar-refractivity contribution in [2.24, 2.45) is 5.10 Å². The zero-order valence-corrected chi connectivity index (χ0v) is 16.0. The molecule has 1 amide bonds. The molecule has 0 aliphatic heterocycles. The maximum absolute atomic E-state index is 12.2. The van der Waals surface area contributed by atoms with Crippen LogP contribution in [-0.4, -0.2) is 23.8 Å². The lowest BCUT2D eigenvalue weighted by Crippen LogP contribution is -2.17. The molecular weight excluding hydrogens is 338 g/mol. The number of aromatic nitrogens is 1. The molecule has 0 radical (unpaired) electrons. The highest BCUT2D eigenvalue weighted by Crippen LogP contribution is 2.20. The molecule has 5 heteroatoms. The first-order valence-corrected chi connectivity index (χ1v) is 8.73. The number of hydrogen-bond acceptors (Lipinski definition) is 3. The molecule has 138 valence electrons. The van der Waals surface area contributed by atoms with Crippen molar-refractivity contribution in [1.29, 1.82) is 0 Å². The fourth-order valence-corrected chi connectivity index (χ4v) is 3.00. The Morgan fingerprint density at radius 2 is 1.81 bits per heavy atom. The number of aryl methyl sites for hydroxylation is 2. The molecule has 0 saturated heterocycles. The fourth-order valence-electron chi connectivity index (χ4n) is 3.00. The molecule has 0 aliphatic rings. The second-order valence-electron chi connectivity index (χ2n) is 6.43. The minimum Gasteiger partial charge on any atom is -0.497 e. The van der Waals surface area contributed by atoms with Crippen molar-refractivity contribution < 1.29 is 9.53 Å². The third kappa shape index (κ3) is 4.08. The zero-order chi connectivity index (χ0) is 19.4. The molecule has 0 aliphatic carbocycles. The van der Waals surface area contributed by atoms with Crippen LogP contribution in [0.15, 0.2) is 59.7 Å². The molecule has 3 aromatic rings. The largest absolute Gasteiger partial charge is 0.497 e. The van der Waals surface area contributed by atoms with Crippen LogP contribution >= 0.6 is 0 Å². The minimum atomic E-state index is -0.280. The third-order valence-corrected chi connectivity index (χ3v) is 4.46. The molecule has 2 aromatic carbocycles. The number of methoxy groups -OCH3 is 1. The highest BCUT2D eigenvalue weighted by atomic mass is 16.5. The summed E-state index contributed by atoms with van der Waals surface area (Å²) in [7, 11) is 1.57. The van der Waals surface area contributed by atoms with E-state index in [1.165, 1.54) is 5.56 Å². The van der Waals surface area contributed by atoms with Crippen LogP contribution in [0.1, 0.15) is 32.9 Å². The van der Waals surface area contributed by atoms with Crippen LogP contribution in [0, 0.1) is 20.8 Å². The highest BCUT2D eigenvalue weighted by molar-refractivity contribution is 5.95. The van der Waals surface area contributed by atoms with Crippen molar-refractivity contribution in [1.82, 2.24) is 9.99 Å². The summed E-state index contributed by atoms with van der Waals surface area (Å²) in [5.74, 6) is 0.353. The standard InChI is InChI=1S/C22H23N3O2/c1-15-8-10-20(11-9-15)25-16(2)12-19(17(25)3)14-23-24-22(26)18-6-5-7-21(13-18)27-4/h5-14H,1-4H3,(H,24,26)/b23-14-. The van der Waals surface area contributed by atoms with E-state index >= 15 is 0 Å². The average molecular weight is 361 g/mol. The van der Waals surface area contributed by atoms with E-state index < -0.39 is 0 Å². The van der Waals surface area contributed by atoms with E-state index in [1.807, 2.05) is 6.92 Å². The van der Waals surface area contributed by atoms with E-state index in [0.29, 0.717) is 11.3 Å². The summed E-state index contributed by atoms with van der Waals surface area (Å²) in [5.41, 5.74) is 8.53. The quantitative estimate of drug-likeness (QED) is 0.548. The van der Waals surface area contributed by atoms with Crippen molar-refractivity contribution in [2.75, 3.05) is 7.11 Å². The molecule has 5 nitrogen and oxygen atoms in total. The molecule has 0 saturated carbocycles. The van der Waals surface area contributed by atoms with Crippen molar-refractivity contribution in [2.45, 2.75) is 20.8 Å². The van der Waals surface area contributed by atoms with Gasteiger partial charge < -0.3 is 9.30 Å². The second-order valence-corrected chi connectivity index (χ2v) is 6.43. The van der Waals surface area contributed by atoms with Crippen LogP contribution in [0.25, 0.3) is 5.69 Å². The van der Waals surface area contributed by atoms with Gasteiger partial charge in [-0.25, -0.2) is 5.43 Å². The Morgan fingerprint density at radius 1 is 1.07 bits per heavy atom. The van der Waals surface area contributed by atoms with Crippen molar-refractivity contribution in [3.05, 3.63) is 82.7 Å². The van der Waals surface area contributed by atoms with Gasteiger partial charge in [0.25, 0.3) is 5.91 Å². The topological polar surface area (TPSA) is 55.6 Å². The Morgan fingerprint density at radius 3 is 2.52 bits per heavy atom. The summed E-state index contributed by atoms with van der Waals surface area (Å²) < 4.78 is 7.31. The molecule has 0 unspecified atom stereocenters. The Labute approximate surface area is 159 Å². The minimum absolute atomic E-state index is 0.280. The van der Waals surface area contributed by atoms with Gasteiger partial charge in [0.1, 0.15) is 5.75 Å². The van der Waals surface area contributed by atoms with Gasteiger partial charge in [0, 0.05) is 28.2 Å². The first-order chi connectivity index (χ1) is 13.0. The van der Waals surface area contributed by atoms with Gasteiger partial charge in [0.2, 0.25) is 0 Å². The van der Waals surface area contributed by atoms with Crippen LogP contribution in [0.5, 0.6) is 5.75 Å². The Bertz CT molecular complexity index is 985. The maximum atomic E-state index is 12.2. The third-order valence-electron chi connectivity index (χ3n) is 4.46. The summed E-state index contributed by atoms with van der Waals surface area (Å²) >= 11 is 0. The maximum Gasteiger partial charge on any atom is 0.271 e. The summed E-state index contributed by atoms with van der Waals surface area (Å²) in [6.45, 7) is 6.17. The van der Waals surface area contributed by atoms with E-state index in [2.05, 4.69) is 59.3 Å².